The lowest BCUT2D eigenvalue weighted by atomic mass is 10.1. The van der Waals surface area contributed by atoms with Gasteiger partial charge < -0.3 is 9.26 Å². The highest BCUT2D eigenvalue weighted by Gasteiger charge is 2.15. The molecule has 0 spiro atoms. The van der Waals surface area contributed by atoms with Crippen LogP contribution in [0.15, 0.2) is 22.7 Å². The normalized spacial score (nSPS) is 10.6. The molecule has 18 heavy (non-hydrogen) atoms. The topological polar surface area (TPSA) is 91.3 Å². The van der Waals surface area contributed by atoms with Gasteiger partial charge in [-0.25, -0.2) is 0 Å². The number of hydrogen-bond acceptors (Lipinski definition) is 6. The Morgan fingerprint density at radius 1 is 1.50 bits per heavy atom. The monoisotopic (exact) mass is 249 g/mol. The Labute approximate surface area is 103 Å². The highest BCUT2D eigenvalue weighted by Crippen LogP contribution is 2.26. The highest BCUT2D eigenvalue weighted by molar-refractivity contribution is 5.62. The van der Waals surface area contributed by atoms with E-state index >= 15 is 0 Å². The third kappa shape index (κ3) is 2.35. The molecule has 1 heterocycles. The summed E-state index contributed by atoms with van der Waals surface area (Å²) in [7, 11) is 1.52. The van der Waals surface area contributed by atoms with Gasteiger partial charge >= 0.3 is 0 Å². The predicted molar refractivity (Wildman–Crippen MR) is 61.8 cm³/mol. The number of non-ortho nitro benzene ring substituents is 1. The molecule has 7 heteroatoms. The van der Waals surface area contributed by atoms with Crippen molar-refractivity contribution in [1.29, 1.82) is 0 Å². The molecule has 0 unspecified atom stereocenters. The summed E-state index contributed by atoms with van der Waals surface area (Å²) in [6, 6.07) is 4.50. The van der Waals surface area contributed by atoms with E-state index in [0.717, 1.165) is 5.56 Å². The number of aryl methyl sites for hydroxylation is 1. The van der Waals surface area contributed by atoms with Gasteiger partial charge in [0, 0.05) is 24.8 Å². The Balaban J connectivity index is 2.41. The largest absolute Gasteiger partial charge is 0.377 e. The first-order valence-electron chi connectivity index (χ1n) is 5.18. The molecule has 0 N–H and O–H groups in total. The maximum Gasteiger partial charge on any atom is 0.270 e. The third-order valence-corrected chi connectivity index (χ3v) is 2.40. The van der Waals surface area contributed by atoms with Gasteiger partial charge in [-0.2, -0.15) is 4.98 Å². The van der Waals surface area contributed by atoms with Crippen molar-refractivity contribution in [2.75, 3.05) is 7.11 Å². The van der Waals surface area contributed by atoms with Gasteiger partial charge in [-0.15, -0.1) is 0 Å². The van der Waals surface area contributed by atoms with Gasteiger partial charge in [0.15, 0.2) is 5.82 Å². The number of nitro groups is 1. The molecular formula is C11H11N3O4. The molecule has 0 aliphatic carbocycles. The molecule has 1 aromatic carbocycles. The van der Waals surface area contributed by atoms with E-state index in [1.165, 1.54) is 19.2 Å². The first-order valence-corrected chi connectivity index (χ1v) is 5.18. The van der Waals surface area contributed by atoms with E-state index in [9.17, 15) is 10.1 Å². The Morgan fingerprint density at radius 3 is 2.94 bits per heavy atom. The Morgan fingerprint density at radius 2 is 2.28 bits per heavy atom. The van der Waals surface area contributed by atoms with E-state index in [1.54, 1.807) is 6.07 Å². The minimum absolute atomic E-state index is 0.0120. The molecule has 0 atom stereocenters. The standard InChI is InChI=1S/C11H11N3O4/c1-7-3-4-8(14(15)16)5-9(7)11-12-10(6-17-2)13-18-11/h3-5H,6H2,1-2H3. The van der Waals surface area contributed by atoms with Crippen molar-refractivity contribution >= 4 is 5.69 Å². The molecule has 0 fully saturated rings. The van der Waals surface area contributed by atoms with E-state index in [0.29, 0.717) is 11.4 Å². The van der Waals surface area contributed by atoms with Crippen molar-refractivity contribution in [3.63, 3.8) is 0 Å². The molecule has 0 bridgehead atoms. The summed E-state index contributed by atoms with van der Waals surface area (Å²) in [5.41, 5.74) is 1.37. The number of ether oxygens (including phenoxy) is 1. The smallest absolute Gasteiger partial charge is 0.270 e. The van der Waals surface area contributed by atoms with Crippen LogP contribution in [-0.2, 0) is 11.3 Å². The molecule has 0 aliphatic heterocycles. The summed E-state index contributed by atoms with van der Waals surface area (Å²) in [5, 5.41) is 14.4. The Kier molecular flexibility index (Phi) is 3.33. The van der Waals surface area contributed by atoms with Gasteiger partial charge in [0.25, 0.3) is 11.6 Å². The number of nitro benzene ring substituents is 1. The van der Waals surface area contributed by atoms with Crippen molar-refractivity contribution in [3.8, 4) is 11.5 Å². The molecular weight excluding hydrogens is 238 g/mol. The highest BCUT2D eigenvalue weighted by atomic mass is 16.6. The second-order valence-electron chi connectivity index (χ2n) is 3.71. The van der Waals surface area contributed by atoms with E-state index in [2.05, 4.69) is 10.1 Å². The van der Waals surface area contributed by atoms with Crippen molar-refractivity contribution < 1.29 is 14.2 Å². The maximum atomic E-state index is 10.7. The zero-order valence-electron chi connectivity index (χ0n) is 9.91. The van der Waals surface area contributed by atoms with E-state index in [1.807, 2.05) is 6.92 Å². The fraction of sp³-hybridized carbons (Fsp3) is 0.273. The van der Waals surface area contributed by atoms with Crippen molar-refractivity contribution in [1.82, 2.24) is 10.1 Å². The average Bonchev–Trinajstić information content (AvgIpc) is 2.78. The summed E-state index contributed by atoms with van der Waals surface area (Å²) in [6.07, 6.45) is 0. The molecule has 0 amide bonds. The van der Waals surface area contributed by atoms with Crippen molar-refractivity contribution in [2.45, 2.75) is 13.5 Å². The summed E-state index contributed by atoms with van der Waals surface area (Å²) >= 11 is 0. The van der Waals surface area contributed by atoms with E-state index in [4.69, 9.17) is 9.26 Å². The van der Waals surface area contributed by atoms with E-state index in [-0.39, 0.29) is 18.2 Å². The molecule has 94 valence electrons. The van der Waals surface area contributed by atoms with Gasteiger partial charge in [-0.1, -0.05) is 11.2 Å². The van der Waals surface area contributed by atoms with Gasteiger partial charge in [-0.05, 0) is 12.5 Å². The van der Waals surface area contributed by atoms with Crippen LogP contribution in [-0.4, -0.2) is 22.2 Å². The SMILES string of the molecule is COCc1noc(-c2cc([N+](=O)[O-])ccc2C)n1. The minimum Gasteiger partial charge on any atom is -0.377 e. The van der Waals surface area contributed by atoms with Crippen molar-refractivity contribution in [3.05, 3.63) is 39.7 Å². The predicted octanol–water partition coefficient (Wildman–Crippen LogP) is 2.10. The van der Waals surface area contributed by atoms with Crippen LogP contribution >= 0.6 is 0 Å². The van der Waals surface area contributed by atoms with Crippen molar-refractivity contribution in [2.24, 2.45) is 0 Å². The zero-order chi connectivity index (χ0) is 13.1. The van der Waals surface area contributed by atoms with Gasteiger partial charge in [0.05, 0.1) is 4.92 Å². The van der Waals surface area contributed by atoms with Crippen LogP contribution in [0.4, 0.5) is 5.69 Å². The Hall–Kier alpha value is -2.28. The molecule has 0 saturated heterocycles. The molecule has 2 rings (SSSR count). The Bertz CT molecular complexity index is 579. The van der Waals surface area contributed by atoms with Crippen LogP contribution < -0.4 is 0 Å². The molecule has 2 aromatic rings. The van der Waals surface area contributed by atoms with Crippen LogP contribution in [0, 0.1) is 17.0 Å². The average molecular weight is 249 g/mol. The van der Waals surface area contributed by atoms with Crippen LogP contribution in [0.3, 0.4) is 0 Å². The number of hydrogen-bond donors (Lipinski definition) is 0. The first kappa shape index (κ1) is 12.2. The lowest BCUT2D eigenvalue weighted by Gasteiger charge is -1.99. The number of aromatic nitrogens is 2. The molecule has 0 saturated carbocycles. The van der Waals surface area contributed by atoms with Gasteiger partial charge in [0.1, 0.15) is 6.61 Å². The summed E-state index contributed by atoms with van der Waals surface area (Å²) in [5.74, 6) is 0.654. The molecule has 0 aliphatic rings. The quantitative estimate of drug-likeness (QED) is 0.608. The lowest BCUT2D eigenvalue weighted by Crippen LogP contribution is -1.92. The van der Waals surface area contributed by atoms with Crippen LogP contribution in [0.1, 0.15) is 11.4 Å². The fourth-order valence-corrected chi connectivity index (χ4v) is 1.51. The number of methoxy groups -OCH3 is 1. The van der Waals surface area contributed by atoms with Gasteiger partial charge in [-0.3, -0.25) is 10.1 Å². The first-order chi connectivity index (χ1) is 8.61. The minimum atomic E-state index is -0.463. The lowest BCUT2D eigenvalue weighted by molar-refractivity contribution is -0.384. The summed E-state index contributed by atoms with van der Waals surface area (Å²) < 4.78 is 9.93. The number of nitrogens with zero attached hydrogens (tertiary/aromatic N) is 3. The number of benzene rings is 1. The van der Waals surface area contributed by atoms with Crippen LogP contribution in [0.5, 0.6) is 0 Å². The van der Waals surface area contributed by atoms with Crippen LogP contribution in [0.25, 0.3) is 11.5 Å². The molecule has 7 nitrogen and oxygen atoms in total. The second-order valence-corrected chi connectivity index (χ2v) is 3.71. The van der Waals surface area contributed by atoms with Crippen LogP contribution in [0.2, 0.25) is 0 Å². The summed E-state index contributed by atoms with van der Waals surface area (Å²) in [6.45, 7) is 2.05. The van der Waals surface area contributed by atoms with Gasteiger partial charge in [0.2, 0.25) is 0 Å². The molecule has 1 aromatic heterocycles. The maximum absolute atomic E-state index is 10.7. The third-order valence-electron chi connectivity index (χ3n) is 2.40. The zero-order valence-corrected chi connectivity index (χ0v) is 9.91. The number of rotatable bonds is 4. The summed E-state index contributed by atoms with van der Waals surface area (Å²) in [4.78, 5) is 14.4. The van der Waals surface area contributed by atoms with E-state index < -0.39 is 4.92 Å². The second kappa shape index (κ2) is 4.92. The fourth-order valence-electron chi connectivity index (χ4n) is 1.51. The molecule has 0 radical (unpaired) electrons.